The molecule has 2 rings (SSSR count). The van der Waals surface area contributed by atoms with Gasteiger partial charge in [0.05, 0.1) is 6.54 Å². The minimum atomic E-state index is -0.122. The third-order valence-corrected chi connectivity index (χ3v) is 5.40. The maximum atomic E-state index is 13.1. The van der Waals surface area contributed by atoms with E-state index in [-0.39, 0.29) is 30.3 Å². The number of benzene rings is 1. The summed E-state index contributed by atoms with van der Waals surface area (Å²) < 4.78 is 0. The number of nitrogens with zero attached hydrogens (tertiary/aromatic N) is 2. The molecule has 0 fully saturated rings. The molecular weight excluding hydrogens is 356 g/mol. The lowest BCUT2D eigenvalue weighted by Gasteiger charge is -2.31. The van der Waals surface area contributed by atoms with Crippen molar-refractivity contribution in [2.45, 2.75) is 53.8 Å². The zero-order valence-corrected chi connectivity index (χ0v) is 17.8. The van der Waals surface area contributed by atoms with Crippen LogP contribution in [0.25, 0.3) is 0 Å². The second-order valence-electron chi connectivity index (χ2n) is 7.46. The molecule has 0 aliphatic rings. The number of hydrogen-bond acceptors (Lipinski definition) is 3. The Kier molecular flexibility index (Phi) is 7.60. The first-order chi connectivity index (χ1) is 12.8. The molecule has 1 aromatic carbocycles. The summed E-state index contributed by atoms with van der Waals surface area (Å²) in [5.74, 6) is -0.125. The fraction of sp³-hybridized carbons (Fsp3) is 0.455. The summed E-state index contributed by atoms with van der Waals surface area (Å²) in [6.45, 7) is 10.9. The molecule has 2 aromatic rings. The summed E-state index contributed by atoms with van der Waals surface area (Å²) in [7, 11) is 0. The van der Waals surface area contributed by atoms with Gasteiger partial charge in [-0.3, -0.25) is 9.59 Å². The largest absolute Gasteiger partial charge is 0.332 e. The van der Waals surface area contributed by atoms with Gasteiger partial charge in [0, 0.05) is 28.3 Å². The predicted octanol–water partition coefficient (Wildman–Crippen LogP) is 4.48. The number of amides is 2. The van der Waals surface area contributed by atoms with Gasteiger partial charge in [0.2, 0.25) is 11.8 Å². The highest BCUT2D eigenvalue weighted by Gasteiger charge is 2.25. The molecule has 0 aliphatic carbocycles. The molecule has 0 N–H and O–H groups in total. The molecule has 5 heteroatoms. The zero-order valence-electron chi connectivity index (χ0n) is 16.9. The monoisotopic (exact) mass is 386 g/mol. The number of carbonyl (C=O) groups excluding carboxylic acids is 2. The lowest BCUT2D eigenvalue weighted by Crippen LogP contribution is -2.46. The molecule has 0 bridgehead atoms. The number of carbonyl (C=O) groups is 2. The third kappa shape index (κ3) is 6.21. The van der Waals surface area contributed by atoms with Crippen molar-refractivity contribution in [2.75, 3.05) is 6.54 Å². The van der Waals surface area contributed by atoms with Gasteiger partial charge in [0.25, 0.3) is 0 Å². The van der Waals surface area contributed by atoms with E-state index in [1.165, 1.54) is 4.88 Å². The summed E-state index contributed by atoms with van der Waals surface area (Å²) in [6.07, 6.45) is 0. The molecule has 27 heavy (non-hydrogen) atoms. The summed E-state index contributed by atoms with van der Waals surface area (Å²) >= 11 is 1.71. The fourth-order valence-electron chi connectivity index (χ4n) is 2.89. The van der Waals surface area contributed by atoms with Crippen molar-refractivity contribution in [3.8, 4) is 0 Å². The van der Waals surface area contributed by atoms with Gasteiger partial charge in [-0.05, 0) is 38.5 Å². The van der Waals surface area contributed by atoms with Crippen LogP contribution in [0.4, 0.5) is 0 Å². The average Bonchev–Trinajstić information content (AvgIpc) is 3.03. The van der Waals surface area contributed by atoms with Crippen molar-refractivity contribution in [3.63, 3.8) is 0 Å². The Morgan fingerprint density at radius 1 is 0.963 bits per heavy atom. The molecule has 1 heterocycles. The molecule has 2 amide bonds. The standard InChI is InChI=1S/C22H30N2O2S/c1-16(2)22(26)24(17(3)4)15-21(25)23(13-19-9-7-6-8-10-19)14-20-12-11-18(5)27-20/h6-12,16-17H,13-15H2,1-5H3. The van der Waals surface area contributed by atoms with Crippen LogP contribution in [0.1, 0.15) is 43.0 Å². The van der Waals surface area contributed by atoms with Crippen LogP contribution >= 0.6 is 11.3 Å². The predicted molar refractivity (Wildman–Crippen MR) is 111 cm³/mol. The fourth-order valence-corrected chi connectivity index (χ4v) is 3.79. The SMILES string of the molecule is Cc1ccc(CN(Cc2ccccc2)C(=O)CN(C(=O)C(C)C)C(C)C)s1. The van der Waals surface area contributed by atoms with Crippen LogP contribution in [-0.4, -0.2) is 34.2 Å². The number of aryl methyl sites for hydroxylation is 1. The van der Waals surface area contributed by atoms with Crippen LogP contribution in [0.5, 0.6) is 0 Å². The van der Waals surface area contributed by atoms with Gasteiger partial charge in [-0.25, -0.2) is 0 Å². The van der Waals surface area contributed by atoms with Gasteiger partial charge < -0.3 is 9.80 Å². The lowest BCUT2D eigenvalue weighted by molar-refractivity contribution is -0.144. The second-order valence-corrected chi connectivity index (χ2v) is 8.83. The van der Waals surface area contributed by atoms with Crippen molar-refractivity contribution in [1.82, 2.24) is 9.80 Å². The minimum Gasteiger partial charge on any atom is -0.332 e. The van der Waals surface area contributed by atoms with Crippen molar-refractivity contribution >= 4 is 23.2 Å². The topological polar surface area (TPSA) is 40.6 Å². The van der Waals surface area contributed by atoms with Crippen molar-refractivity contribution in [3.05, 3.63) is 57.8 Å². The molecule has 0 unspecified atom stereocenters. The highest BCUT2D eigenvalue weighted by atomic mass is 32.1. The maximum Gasteiger partial charge on any atom is 0.242 e. The van der Waals surface area contributed by atoms with E-state index in [1.54, 1.807) is 16.2 Å². The van der Waals surface area contributed by atoms with Crippen LogP contribution in [0, 0.1) is 12.8 Å². The van der Waals surface area contributed by atoms with Crippen LogP contribution in [0.15, 0.2) is 42.5 Å². The Balaban J connectivity index is 2.19. The third-order valence-electron chi connectivity index (χ3n) is 4.42. The van der Waals surface area contributed by atoms with E-state index in [9.17, 15) is 9.59 Å². The van der Waals surface area contributed by atoms with Crippen molar-refractivity contribution in [1.29, 1.82) is 0 Å². The average molecular weight is 387 g/mol. The van der Waals surface area contributed by atoms with E-state index in [1.807, 2.05) is 62.9 Å². The van der Waals surface area contributed by atoms with E-state index in [2.05, 4.69) is 19.1 Å². The Morgan fingerprint density at radius 2 is 1.63 bits per heavy atom. The molecule has 1 aromatic heterocycles. The molecule has 0 saturated carbocycles. The van der Waals surface area contributed by atoms with E-state index < -0.39 is 0 Å². The Labute approximate surface area is 166 Å². The normalized spacial score (nSPS) is 11.1. The number of thiophene rings is 1. The van der Waals surface area contributed by atoms with Gasteiger partial charge in [-0.15, -0.1) is 11.3 Å². The van der Waals surface area contributed by atoms with Gasteiger partial charge in [-0.2, -0.15) is 0 Å². The van der Waals surface area contributed by atoms with Gasteiger partial charge in [0.1, 0.15) is 6.54 Å². The molecule has 0 saturated heterocycles. The second kappa shape index (κ2) is 9.70. The Morgan fingerprint density at radius 3 is 2.15 bits per heavy atom. The van der Waals surface area contributed by atoms with E-state index in [0.717, 1.165) is 10.4 Å². The van der Waals surface area contributed by atoms with Crippen LogP contribution in [-0.2, 0) is 22.7 Å². The first kappa shape index (κ1) is 21.2. The molecule has 0 atom stereocenters. The molecule has 0 spiro atoms. The van der Waals surface area contributed by atoms with Crippen molar-refractivity contribution in [2.24, 2.45) is 5.92 Å². The van der Waals surface area contributed by atoms with Crippen LogP contribution in [0.3, 0.4) is 0 Å². The molecular formula is C22H30N2O2S. The van der Waals surface area contributed by atoms with Gasteiger partial charge >= 0.3 is 0 Å². The summed E-state index contributed by atoms with van der Waals surface area (Å²) in [5, 5.41) is 0. The first-order valence-corrected chi connectivity index (χ1v) is 10.3. The van der Waals surface area contributed by atoms with Crippen molar-refractivity contribution < 1.29 is 9.59 Å². The number of rotatable bonds is 8. The maximum absolute atomic E-state index is 13.1. The van der Waals surface area contributed by atoms with E-state index >= 15 is 0 Å². The summed E-state index contributed by atoms with van der Waals surface area (Å²) in [5.41, 5.74) is 1.09. The summed E-state index contributed by atoms with van der Waals surface area (Å²) in [6, 6.07) is 14.1. The minimum absolute atomic E-state index is 0.00796. The smallest absolute Gasteiger partial charge is 0.242 e. The van der Waals surface area contributed by atoms with Gasteiger partial charge in [0.15, 0.2) is 0 Å². The van der Waals surface area contributed by atoms with E-state index in [4.69, 9.17) is 0 Å². The molecule has 0 radical (unpaired) electrons. The zero-order chi connectivity index (χ0) is 20.0. The molecule has 4 nitrogen and oxygen atoms in total. The van der Waals surface area contributed by atoms with E-state index in [0.29, 0.717) is 13.1 Å². The molecule has 0 aliphatic heterocycles. The summed E-state index contributed by atoms with van der Waals surface area (Å²) in [4.78, 5) is 31.6. The Hall–Kier alpha value is -2.14. The highest BCUT2D eigenvalue weighted by Crippen LogP contribution is 2.19. The van der Waals surface area contributed by atoms with Crippen LogP contribution in [0.2, 0.25) is 0 Å². The van der Waals surface area contributed by atoms with Gasteiger partial charge in [-0.1, -0.05) is 44.2 Å². The number of hydrogen-bond donors (Lipinski definition) is 0. The van der Waals surface area contributed by atoms with Crippen LogP contribution < -0.4 is 0 Å². The molecule has 146 valence electrons. The highest BCUT2D eigenvalue weighted by molar-refractivity contribution is 7.11. The lowest BCUT2D eigenvalue weighted by atomic mass is 10.1. The quantitative estimate of drug-likeness (QED) is 0.671. The first-order valence-electron chi connectivity index (χ1n) is 9.45. The Bertz CT molecular complexity index is 753.